The summed E-state index contributed by atoms with van der Waals surface area (Å²) in [5.41, 5.74) is 5.07. The Labute approximate surface area is 199 Å². The van der Waals surface area contributed by atoms with Gasteiger partial charge in [-0.25, -0.2) is 0 Å². The van der Waals surface area contributed by atoms with E-state index in [1.807, 2.05) is 0 Å². The molecule has 0 unspecified atom stereocenters. The molecule has 0 aromatic heterocycles. The molecule has 3 aliphatic carbocycles. The number of hydrogen-bond donors (Lipinski definition) is 3. The lowest BCUT2D eigenvalue weighted by Gasteiger charge is -2.41. The normalized spacial score (nSPS) is 36.6. The van der Waals surface area contributed by atoms with Crippen LogP contribution >= 0.6 is 11.8 Å². The van der Waals surface area contributed by atoms with Gasteiger partial charge in [0.05, 0.1) is 12.2 Å². The highest BCUT2D eigenvalue weighted by molar-refractivity contribution is 8.00. The monoisotopic (exact) mass is 460 g/mol. The molecule has 0 spiro atoms. The van der Waals surface area contributed by atoms with Gasteiger partial charge in [-0.2, -0.15) is 0 Å². The minimum Gasteiger partial charge on any atom is -0.392 e. The summed E-state index contributed by atoms with van der Waals surface area (Å²) in [5, 5.41) is 32.4. The number of fused-ring (bicyclic) bond motifs is 1. The van der Waals surface area contributed by atoms with Crippen LogP contribution in [-0.2, 0) is 0 Å². The van der Waals surface area contributed by atoms with Crippen LogP contribution < -0.4 is 0 Å². The van der Waals surface area contributed by atoms with E-state index in [4.69, 9.17) is 0 Å². The highest BCUT2D eigenvalue weighted by atomic mass is 32.2. The lowest BCUT2D eigenvalue weighted by atomic mass is 9.64. The molecule has 32 heavy (non-hydrogen) atoms. The van der Waals surface area contributed by atoms with Crippen LogP contribution in [0.2, 0.25) is 0 Å². The zero-order chi connectivity index (χ0) is 23.5. The first-order valence-corrected chi connectivity index (χ1v) is 13.7. The Morgan fingerprint density at radius 2 is 1.97 bits per heavy atom. The van der Waals surface area contributed by atoms with Gasteiger partial charge in [0, 0.05) is 18.6 Å². The van der Waals surface area contributed by atoms with Crippen LogP contribution in [0.5, 0.6) is 0 Å². The Bertz CT molecular complexity index is 778. The summed E-state index contributed by atoms with van der Waals surface area (Å²) in [4.78, 5) is -1.07. The number of rotatable bonds is 8. The van der Waals surface area contributed by atoms with Gasteiger partial charge in [0.2, 0.25) is 0 Å². The van der Waals surface area contributed by atoms with E-state index < -0.39 is 17.1 Å². The maximum absolute atomic E-state index is 11.3. The molecular formula is C28H44O3S. The second-order valence-corrected chi connectivity index (χ2v) is 11.8. The molecular weight excluding hydrogens is 416 g/mol. The van der Waals surface area contributed by atoms with E-state index in [9.17, 15) is 15.3 Å². The molecule has 3 N–H and O–H groups in total. The molecule has 2 fully saturated rings. The minimum absolute atomic E-state index is 0.253. The molecule has 0 saturated heterocycles. The van der Waals surface area contributed by atoms with Crippen LogP contribution in [0.15, 0.2) is 47.1 Å². The van der Waals surface area contributed by atoms with Gasteiger partial charge in [-0.3, -0.25) is 0 Å². The van der Waals surface area contributed by atoms with E-state index in [0.717, 1.165) is 43.3 Å². The molecule has 0 aromatic carbocycles. The molecule has 4 heteroatoms. The van der Waals surface area contributed by atoms with Crippen molar-refractivity contribution in [2.45, 2.75) is 103 Å². The summed E-state index contributed by atoms with van der Waals surface area (Å²) < 4.78 is 0. The van der Waals surface area contributed by atoms with E-state index in [1.54, 1.807) is 5.57 Å². The SMILES string of the molecule is C=C1C(=CC=C2CCC[C@]3(C)C(CC)=CC[C@H]23)C[C@](O)(SC[C@H](O)C(CC)CC)C[C@@H]1O. The van der Waals surface area contributed by atoms with Gasteiger partial charge in [0.25, 0.3) is 0 Å². The van der Waals surface area contributed by atoms with Gasteiger partial charge in [0.15, 0.2) is 0 Å². The Kier molecular flexibility index (Phi) is 8.57. The fraction of sp³-hybridized carbons (Fsp3) is 0.714. The molecule has 0 aliphatic heterocycles. The predicted octanol–water partition coefficient (Wildman–Crippen LogP) is 6.32. The number of aliphatic hydroxyl groups is 3. The van der Waals surface area contributed by atoms with Gasteiger partial charge in [-0.05, 0) is 60.5 Å². The Hall–Kier alpha value is -0.810. The smallest absolute Gasteiger partial charge is 0.117 e. The molecule has 5 atom stereocenters. The van der Waals surface area contributed by atoms with E-state index in [2.05, 4.69) is 52.5 Å². The molecule has 3 aliphatic rings. The molecule has 3 nitrogen and oxygen atoms in total. The first-order valence-electron chi connectivity index (χ1n) is 12.7. The van der Waals surface area contributed by atoms with Crippen LogP contribution in [0.25, 0.3) is 0 Å². The third kappa shape index (κ3) is 5.29. The summed E-state index contributed by atoms with van der Waals surface area (Å²) >= 11 is 1.39. The van der Waals surface area contributed by atoms with Crippen molar-refractivity contribution in [2.24, 2.45) is 17.3 Å². The lowest BCUT2D eigenvalue weighted by molar-refractivity contribution is 0.0589. The van der Waals surface area contributed by atoms with Crippen molar-refractivity contribution >= 4 is 11.8 Å². The van der Waals surface area contributed by atoms with E-state index in [0.29, 0.717) is 23.5 Å². The van der Waals surface area contributed by atoms with Gasteiger partial charge in [-0.15, -0.1) is 11.8 Å². The number of hydrogen-bond acceptors (Lipinski definition) is 4. The van der Waals surface area contributed by atoms with Crippen molar-refractivity contribution in [2.75, 3.05) is 5.75 Å². The Morgan fingerprint density at radius 1 is 1.25 bits per heavy atom. The number of aliphatic hydroxyl groups excluding tert-OH is 2. The van der Waals surface area contributed by atoms with Crippen molar-refractivity contribution in [3.8, 4) is 0 Å². The first-order chi connectivity index (χ1) is 15.2. The number of thioether (sulfide) groups is 1. The van der Waals surface area contributed by atoms with Crippen LogP contribution in [0, 0.1) is 17.3 Å². The molecule has 0 aromatic rings. The van der Waals surface area contributed by atoms with Crippen molar-refractivity contribution in [3.05, 3.63) is 47.1 Å². The fourth-order valence-corrected chi connectivity index (χ4v) is 7.56. The van der Waals surface area contributed by atoms with Gasteiger partial charge in [-0.1, -0.05) is 76.5 Å². The molecule has 0 bridgehead atoms. The maximum Gasteiger partial charge on any atom is 0.117 e. The van der Waals surface area contributed by atoms with Crippen LogP contribution in [-0.4, -0.2) is 38.2 Å². The predicted molar refractivity (Wildman–Crippen MR) is 136 cm³/mol. The van der Waals surface area contributed by atoms with Crippen molar-refractivity contribution in [1.82, 2.24) is 0 Å². The summed E-state index contributed by atoms with van der Waals surface area (Å²) in [6.45, 7) is 13.0. The van der Waals surface area contributed by atoms with E-state index in [-0.39, 0.29) is 12.3 Å². The Morgan fingerprint density at radius 3 is 2.62 bits per heavy atom. The molecule has 0 amide bonds. The third-order valence-corrected chi connectivity index (χ3v) is 9.86. The first kappa shape index (κ1) is 25.8. The van der Waals surface area contributed by atoms with Crippen molar-refractivity contribution in [3.63, 3.8) is 0 Å². The standard InChI is InChI=1S/C28H44O3S/c1-6-20(7-2)26(30)18-32-28(31)16-22(19(4)25(29)17-28)12-11-21-10-9-15-27(5)23(8-3)13-14-24(21)27/h11-13,20,24-26,29-31H,4,6-10,14-18H2,1-3,5H3/t24-,25+,26+,27-,28+/m1/s1. The second kappa shape index (κ2) is 10.6. The third-order valence-electron chi connectivity index (χ3n) is 8.50. The zero-order valence-corrected chi connectivity index (χ0v) is 21.4. The fourth-order valence-electron chi connectivity index (χ4n) is 6.27. The summed E-state index contributed by atoms with van der Waals surface area (Å²) in [5.74, 6) is 1.32. The zero-order valence-electron chi connectivity index (χ0n) is 20.6. The molecule has 180 valence electrons. The average molecular weight is 461 g/mol. The molecule has 3 rings (SSSR count). The minimum atomic E-state index is -1.07. The topological polar surface area (TPSA) is 60.7 Å². The number of allylic oxidation sites excluding steroid dienone is 5. The highest BCUT2D eigenvalue weighted by Gasteiger charge is 2.44. The van der Waals surface area contributed by atoms with Gasteiger partial charge in [0.1, 0.15) is 4.93 Å². The average Bonchev–Trinajstić information content (AvgIpc) is 3.11. The summed E-state index contributed by atoms with van der Waals surface area (Å²) in [7, 11) is 0. The second-order valence-electron chi connectivity index (χ2n) is 10.4. The molecule has 0 radical (unpaired) electrons. The summed E-state index contributed by atoms with van der Waals surface area (Å²) in [6.07, 6.45) is 14.1. The lowest BCUT2D eigenvalue weighted by Crippen LogP contribution is -2.38. The summed E-state index contributed by atoms with van der Waals surface area (Å²) in [6, 6.07) is 0. The van der Waals surface area contributed by atoms with Crippen molar-refractivity contribution in [1.29, 1.82) is 0 Å². The van der Waals surface area contributed by atoms with E-state index in [1.165, 1.54) is 30.2 Å². The highest BCUT2D eigenvalue weighted by Crippen LogP contribution is 2.55. The van der Waals surface area contributed by atoms with Crippen molar-refractivity contribution < 1.29 is 15.3 Å². The maximum atomic E-state index is 11.3. The quantitative estimate of drug-likeness (QED) is 0.293. The van der Waals surface area contributed by atoms with Crippen LogP contribution in [0.1, 0.15) is 85.5 Å². The van der Waals surface area contributed by atoms with E-state index >= 15 is 0 Å². The van der Waals surface area contributed by atoms with Gasteiger partial charge < -0.3 is 15.3 Å². The Balaban J connectivity index is 1.74. The largest absolute Gasteiger partial charge is 0.392 e. The molecule has 0 heterocycles. The van der Waals surface area contributed by atoms with Gasteiger partial charge >= 0.3 is 0 Å². The molecule has 2 saturated carbocycles. The van der Waals surface area contributed by atoms with Crippen LogP contribution in [0.3, 0.4) is 0 Å². The van der Waals surface area contributed by atoms with Crippen LogP contribution in [0.4, 0.5) is 0 Å².